The van der Waals surface area contributed by atoms with Crippen molar-refractivity contribution < 1.29 is 8.81 Å². The molecule has 0 bridgehead atoms. The highest BCUT2D eigenvalue weighted by molar-refractivity contribution is 6.31. The summed E-state index contributed by atoms with van der Waals surface area (Å²) in [6.45, 7) is 0. The summed E-state index contributed by atoms with van der Waals surface area (Å²) in [5.41, 5.74) is 9.54. The molecule has 7 heteroatoms. The molecule has 0 radical (unpaired) electrons. The quantitative estimate of drug-likeness (QED) is 0.464. The number of anilines is 4. The van der Waals surface area contributed by atoms with Crippen LogP contribution in [0.15, 0.2) is 59.0 Å². The van der Waals surface area contributed by atoms with E-state index in [0.717, 1.165) is 16.8 Å². The van der Waals surface area contributed by atoms with Crippen LogP contribution in [0.25, 0.3) is 22.2 Å². The Kier molecular flexibility index (Phi) is 4.57. The zero-order valence-corrected chi connectivity index (χ0v) is 16.1. The molecule has 2 aromatic heterocycles. The summed E-state index contributed by atoms with van der Waals surface area (Å²) in [4.78, 5) is 6.65. The Bertz CT molecular complexity index is 1160. The van der Waals surface area contributed by atoms with Crippen LogP contribution in [0.5, 0.6) is 0 Å². The van der Waals surface area contributed by atoms with E-state index in [-0.39, 0.29) is 10.9 Å². The number of hydrogen-bond acceptors (Lipinski definition) is 5. The summed E-state index contributed by atoms with van der Waals surface area (Å²) in [6.07, 6.45) is 0. The second-order valence-corrected chi connectivity index (χ2v) is 6.97. The highest BCUT2D eigenvalue weighted by atomic mass is 35.5. The minimum absolute atomic E-state index is 0.0250. The van der Waals surface area contributed by atoms with Gasteiger partial charge < -0.3 is 20.4 Å². The molecule has 4 rings (SSSR count). The minimum Gasteiger partial charge on any atom is -0.436 e. The molecule has 0 fully saturated rings. The van der Waals surface area contributed by atoms with Gasteiger partial charge in [-0.15, -0.1) is 0 Å². The van der Waals surface area contributed by atoms with Crippen LogP contribution in [-0.2, 0) is 0 Å². The van der Waals surface area contributed by atoms with E-state index >= 15 is 0 Å². The molecule has 2 aromatic carbocycles. The van der Waals surface area contributed by atoms with E-state index in [9.17, 15) is 4.39 Å². The Balaban J connectivity index is 1.91. The Labute approximate surface area is 166 Å². The molecule has 142 valence electrons. The molecule has 28 heavy (non-hydrogen) atoms. The van der Waals surface area contributed by atoms with Crippen LogP contribution in [0.1, 0.15) is 0 Å². The van der Waals surface area contributed by atoms with Crippen LogP contribution >= 0.6 is 11.6 Å². The fourth-order valence-electron chi connectivity index (χ4n) is 2.97. The number of nitrogens with one attached hydrogen (secondary N) is 1. The molecule has 5 nitrogen and oxygen atoms in total. The first-order valence-electron chi connectivity index (χ1n) is 8.62. The number of aromatic nitrogens is 1. The van der Waals surface area contributed by atoms with Gasteiger partial charge in [0.25, 0.3) is 0 Å². The van der Waals surface area contributed by atoms with Gasteiger partial charge in [-0.3, -0.25) is 0 Å². The fourth-order valence-corrected chi connectivity index (χ4v) is 3.15. The van der Waals surface area contributed by atoms with Gasteiger partial charge in [-0.25, -0.2) is 9.37 Å². The molecule has 2 heterocycles. The van der Waals surface area contributed by atoms with Crippen molar-refractivity contribution in [2.45, 2.75) is 0 Å². The lowest BCUT2D eigenvalue weighted by Gasteiger charge is -2.14. The first-order chi connectivity index (χ1) is 13.4. The average molecular weight is 397 g/mol. The smallest absolute Gasteiger partial charge is 0.215 e. The minimum atomic E-state index is -0.484. The van der Waals surface area contributed by atoms with Crippen molar-refractivity contribution in [3.63, 3.8) is 0 Å². The van der Waals surface area contributed by atoms with E-state index in [1.165, 1.54) is 12.1 Å². The van der Waals surface area contributed by atoms with Crippen LogP contribution in [0.3, 0.4) is 0 Å². The second kappa shape index (κ2) is 7.05. The molecular weight excluding hydrogens is 379 g/mol. The Morgan fingerprint density at radius 2 is 1.86 bits per heavy atom. The molecule has 0 aliphatic rings. The maximum Gasteiger partial charge on any atom is 0.215 e. The summed E-state index contributed by atoms with van der Waals surface area (Å²) in [7, 11) is 3.83. The molecule has 0 saturated carbocycles. The molecule has 0 unspecified atom stereocenters. The zero-order valence-electron chi connectivity index (χ0n) is 15.3. The molecule has 0 amide bonds. The van der Waals surface area contributed by atoms with Gasteiger partial charge in [0, 0.05) is 25.3 Å². The van der Waals surface area contributed by atoms with E-state index in [1.807, 2.05) is 55.4 Å². The van der Waals surface area contributed by atoms with E-state index in [4.69, 9.17) is 26.7 Å². The van der Waals surface area contributed by atoms with Gasteiger partial charge in [0.2, 0.25) is 5.88 Å². The predicted octanol–water partition coefficient (Wildman–Crippen LogP) is 5.68. The van der Waals surface area contributed by atoms with Gasteiger partial charge >= 0.3 is 0 Å². The second-order valence-electron chi connectivity index (χ2n) is 6.56. The number of nitrogens with two attached hydrogens (primary N) is 1. The van der Waals surface area contributed by atoms with Crippen molar-refractivity contribution in [2.24, 2.45) is 0 Å². The molecule has 4 aromatic rings. The van der Waals surface area contributed by atoms with Crippen LogP contribution in [0, 0.1) is 5.82 Å². The molecule has 0 spiro atoms. The van der Waals surface area contributed by atoms with Crippen LogP contribution in [-0.4, -0.2) is 19.1 Å². The number of furan rings is 1. The summed E-state index contributed by atoms with van der Waals surface area (Å²) >= 11 is 5.90. The molecule has 0 saturated heterocycles. The maximum absolute atomic E-state index is 13.5. The van der Waals surface area contributed by atoms with E-state index in [2.05, 4.69) is 5.32 Å². The summed E-state index contributed by atoms with van der Waals surface area (Å²) in [6, 6.07) is 16.0. The number of hydrogen-bond donors (Lipinski definition) is 2. The number of benzene rings is 2. The van der Waals surface area contributed by atoms with Crippen molar-refractivity contribution in [3.05, 3.63) is 65.4 Å². The topological polar surface area (TPSA) is 67.3 Å². The Hall–Kier alpha value is -3.25. The number of nitrogen functional groups attached to an aromatic ring is 1. The first-order valence-corrected chi connectivity index (χ1v) is 8.99. The van der Waals surface area contributed by atoms with E-state index < -0.39 is 5.82 Å². The largest absolute Gasteiger partial charge is 0.436 e. The SMILES string of the molecule is CN(C)c1cc2c(Nc3ccc(F)c(Cl)c3)c(N)oc2c(-c2ccccc2)n1. The van der Waals surface area contributed by atoms with Crippen LogP contribution in [0.4, 0.5) is 27.5 Å². The van der Waals surface area contributed by atoms with Crippen molar-refractivity contribution in [3.8, 4) is 11.3 Å². The highest BCUT2D eigenvalue weighted by Crippen LogP contribution is 2.41. The molecule has 0 aliphatic heterocycles. The monoisotopic (exact) mass is 396 g/mol. The lowest BCUT2D eigenvalue weighted by atomic mass is 10.1. The average Bonchev–Trinajstić information content (AvgIpc) is 3.00. The van der Waals surface area contributed by atoms with E-state index in [1.54, 1.807) is 6.07 Å². The third kappa shape index (κ3) is 3.23. The van der Waals surface area contributed by atoms with E-state index in [0.29, 0.717) is 22.7 Å². The maximum atomic E-state index is 13.5. The van der Waals surface area contributed by atoms with Crippen molar-refractivity contribution in [1.29, 1.82) is 0 Å². The highest BCUT2D eigenvalue weighted by Gasteiger charge is 2.20. The zero-order chi connectivity index (χ0) is 19.8. The van der Waals surface area contributed by atoms with Gasteiger partial charge in [0.15, 0.2) is 5.58 Å². The van der Waals surface area contributed by atoms with Gasteiger partial charge in [-0.05, 0) is 24.3 Å². The van der Waals surface area contributed by atoms with Gasteiger partial charge in [0.1, 0.15) is 23.0 Å². The van der Waals surface area contributed by atoms with Crippen LogP contribution in [0.2, 0.25) is 5.02 Å². The number of fused-ring (bicyclic) bond motifs is 1. The molecule has 3 N–H and O–H groups in total. The van der Waals surface area contributed by atoms with Crippen molar-refractivity contribution >= 4 is 45.6 Å². The summed E-state index contributed by atoms with van der Waals surface area (Å²) < 4.78 is 19.3. The molecular formula is C21H18ClFN4O. The number of halogens is 2. The Morgan fingerprint density at radius 1 is 1.11 bits per heavy atom. The number of nitrogens with zero attached hydrogens (tertiary/aromatic N) is 2. The molecule has 0 atom stereocenters. The number of rotatable bonds is 4. The lowest BCUT2D eigenvalue weighted by Crippen LogP contribution is -2.11. The summed E-state index contributed by atoms with van der Waals surface area (Å²) in [5, 5.41) is 3.99. The fraction of sp³-hybridized carbons (Fsp3) is 0.0952. The number of pyridine rings is 1. The summed E-state index contributed by atoms with van der Waals surface area (Å²) in [5.74, 6) is 0.486. The van der Waals surface area contributed by atoms with Gasteiger partial charge in [-0.2, -0.15) is 0 Å². The normalized spacial score (nSPS) is 11.0. The van der Waals surface area contributed by atoms with Crippen molar-refractivity contribution in [2.75, 3.05) is 30.0 Å². The third-order valence-corrected chi connectivity index (χ3v) is 4.67. The third-order valence-electron chi connectivity index (χ3n) is 4.38. The predicted molar refractivity (Wildman–Crippen MR) is 113 cm³/mol. The van der Waals surface area contributed by atoms with Gasteiger partial charge in [0.05, 0.1) is 10.4 Å². The lowest BCUT2D eigenvalue weighted by molar-refractivity contribution is 0.628. The van der Waals surface area contributed by atoms with Crippen LogP contribution < -0.4 is 16.0 Å². The standard InChI is InChI=1S/C21H18ClFN4O/c1-27(2)17-11-14-19(25-13-8-9-16(23)15(22)10-13)21(24)28-20(14)18(26-17)12-6-4-3-5-7-12/h3-11,25H,24H2,1-2H3. The Morgan fingerprint density at radius 3 is 2.54 bits per heavy atom. The van der Waals surface area contributed by atoms with Gasteiger partial charge in [-0.1, -0.05) is 41.9 Å². The first kappa shape index (κ1) is 18.1. The van der Waals surface area contributed by atoms with Crippen molar-refractivity contribution in [1.82, 2.24) is 4.98 Å². The molecule has 0 aliphatic carbocycles.